The van der Waals surface area contributed by atoms with Gasteiger partial charge in [0.1, 0.15) is 0 Å². The van der Waals surface area contributed by atoms with Gasteiger partial charge in [0.2, 0.25) is 5.91 Å². The lowest BCUT2D eigenvalue weighted by Gasteiger charge is -2.21. The zero-order chi connectivity index (χ0) is 15.9. The molecule has 22 heavy (non-hydrogen) atoms. The first-order valence-corrected chi connectivity index (χ1v) is 6.99. The first kappa shape index (κ1) is 15.8. The predicted octanol–water partition coefficient (Wildman–Crippen LogP) is 2.65. The first-order chi connectivity index (χ1) is 10.6. The number of rotatable bonds is 6. The van der Waals surface area contributed by atoms with Gasteiger partial charge in [-0.25, -0.2) is 0 Å². The molecule has 0 N–H and O–H groups in total. The van der Waals surface area contributed by atoms with Crippen LogP contribution in [0.5, 0.6) is 11.5 Å². The molecule has 1 heterocycles. The van der Waals surface area contributed by atoms with Gasteiger partial charge in [0.05, 0.1) is 14.2 Å². The summed E-state index contributed by atoms with van der Waals surface area (Å²) >= 11 is 0. The third-order valence-corrected chi connectivity index (χ3v) is 3.36. The van der Waals surface area contributed by atoms with E-state index in [-0.39, 0.29) is 5.91 Å². The fourth-order valence-corrected chi connectivity index (χ4v) is 2.19. The summed E-state index contributed by atoms with van der Waals surface area (Å²) in [7, 11) is 3.20. The van der Waals surface area contributed by atoms with Crippen molar-refractivity contribution in [3.63, 3.8) is 0 Å². The van der Waals surface area contributed by atoms with E-state index >= 15 is 0 Å². The SMILES string of the molecule is COc1ccc(CN(Cc2cccnc2)C(C)=O)cc1OC. The highest BCUT2D eigenvalue weighted by Gasteiger charge is 2.12. The fraction of sp³-hybridized carbons (Fsp3) is 0.294. The smallest absolute Gasteiger partial charge is 0.220 e. The molecular weight excluding hydrogens is 280 g/mol. The average Bonchev–Trinajstić information content (AvgIpc) is 2.55. The van der Waals surface area contributed by atoms with Crippen molar-refractivity contribution < 1.29 is 14.3 Å². The van der Waals surface area contributed by atoms with Gasteiger partial charge in [-0.2, -0.15) is 0 Å². The molecule has 5 heteroatoms. The molecule has 0 fully saturated rings. The topological polar surface area (TPSA) is 51.7 Å². The second-order valence-corrected chi connectivity index (χ2v) is 4.93. The molecule has 0 aliphatic rings. The van der Waals surface area contributed by atoms with Gasteiger partial charge in [-0.1, -0.05) is 12.1 Å². The minimum atomic E-state index is 0.0126. The molecule has 1 aromatic carbocycles. The molecule has 5 nitrogen and oxygen atoms in total. The van der Waals surface area contributed by atoms with Crippen LogP contribution in [0.1, 0.15) is 18.1 Å². The van der Waals surface area contributed by atoms with Gasteiger partial charge in [-0.05, 0) is 29.3 Å². The predicted molar refractivity (Wildman–Crippen MR) is 83.7 cm³/mol. The zero-order valence-electron chi connectivity index (χ0n) is 13.1. The number of pyridine rings is 1. The molecule has 0 bridgehead atoms. The molecule has 0 aliphatic carbocycles. The number of carbonyl (C=O) groups is 1. The minimum absolute atomic E-state index is 0.0126. The largest absolute Gasteiger partial charge is 0.493 e. The third-order valence-electron chi connectivity index (χ3n) is 3.36. The minimum Gasteiger partial charge on any atom is -0.493 e. The van der Waals surface area contributed by atoms with Crippen LogP contribution in [0.25, 0.3) is 0 Å². The number of hydrogen-bond donors (Lipinski definition) is 0. The van der Waals surface area contributed by atoms with Crippen LogP contribution in [0.3, 0.4) is 0 Å². The third kappa shape index (κ3) is 3.97. The van der Waals surface area contributed by atoms with Crippen LogP contribution < -0.4 is 9.47 Å². The van der Waals surface area contributed by atoms with E-state index in [1.165, 1.54) is 0 Å². The standard InChI is InChI=1S/C17H20N2O3/c1-13(20)19(12-15-5-4-8-18-10-15)11-14-6-7-16(21-2)17(9-14)22-3/h4-10H,11-12H2,1-3H3. The monoisotopic (exact) mass is 300 g/mol. The lowest BCUT2D eigenvalue weighted by atomic mass is 10.1. The molecule has 1 aromatic heterocycles. The maximum absolute atomic E-state index is 11.9. The van der Waals surface area contributed by atoms with Crippen LogP contribution in [0.2, 0.25) is 0 Å². The second kappa shape index (κ2) is 7.45. The molecule has 2 rings (SSSR count). The highest BCUT2D eigenvalue weighted by Crippen LogP contribution is 2.28. The van der Waals surface area contributed by atoms with Crippen molar-refractivity contribution in [2.45, 2.75) is 20.0 Å². The van der Waals surface area contributed by atoms with Crippen molar-refractivity contribution in [1.82, 2.24) is 9.88 Å². The van der Waals surface area contributed by atoms with Crippen molar-refractivity contribution >= 4 is 5.91 Å². The molecule has 0 saturated heterocycles. The zero-order valence-corrected chi connectivity index (χ0v) is 13.1. The van der Waals surface area contributed by atoms with Crippen molar-refractivity contribution in [2.24, 2.45) is 0 Å². The Morgan fingerprint density at radius 2 is 1.82 bits per heavy atom. The molecule has 0 spiro atoms. The van der Waals surface area contributed by atoms with Gasteiger partial charge in [0.25, 0.3) is 0 Å². The number of ether oxygens (including phenoxy) is 2. The number of aromatic nitrogens is 1. The molecule has 2 aromatic rings. The summed E-state index contributed by atoms with van der Waals surface area (Å²) in [5.74, 6) is 1.34. The van der Waals surface area contributed by atoms with E-state index in [0.717, 1.165) is 11.1 Å². The molecule has 1 amide bonds. The Balaban J connectivity index is 2.16. The highest BCUT2D eigenvalue weighted by molar-refractivity contribution is 5.73. The summed E-state index contributed by atoms with van der Waals surface area (Å²) in [6.07, 6.45) is 3.49. The van der Waals surface area contributed by atoms with Crippen LogP contribution in [0, 0.1) is 0 Å². The van der Waals surface area contributed by atoms with Gasteiger partial charge in [-0.3, -0.25) is 9.78 Å². The van der Waals surface area contributed by atoms with Crippen molar-refractivity contribution in [3.05, 3.63) is 53.9 Å². The number of carbonyl (C=O) groups excluding carboxylic acids is 1. The summed E-state index contributed by atoms with van der Waals surface area (Å²) in [4.78, 5) is 17.7. The summed E-state index contributed by atoms with van der Waals surface area (Å²) < 4.78 is 10.5. The summed E-state index contributed by atoms with van der Waals surface area (Å²) in [5.41, 5.74) is 1.98. The number of methoxy groups -OCH3 is 2. The Morgan fingerprint density at radius 3 is 2.41 bits per heavy atom. The highest BCUT2D eigenvalue weighted by atomic mass is 16.5. The Hall–Kier alpha value is -2.56. The number of nitrogens with zero attached hydrogens (tertiary/aromatic N) is 2. The van der Waals surface area contributed by atoms with Gasteiger partial charge < -0.3 is 14.4 Å². The Morgan fingerprint density at radius 1 is 1.09 bits per heavy atom. The summed E-state index contributed by atoms with van der Waals surface area (Å²) in [6.45, 7) is 2.60. The molecular formula is C17H20N2O3. The van der Waals surface area contributed by atoms with Gasteiger partial charge in [0.15, 0.2) is 11.5 Å². The van der Waals surface area contributed by atoms with E-state index < -0.39 is 0 Å². The van der Waals surface area contributed by atoms with E-state index in [2.05, 4.69) is 4.98 Å². The fourth-order valence-electron chi connectivity index (χ4n) is 2.19. The van der Waals surface area contributed by atoms with Crippen molar-refractivity contribution in [2.75, 3.05) is 14.2 Å². The normalized spacial score (nSPS) is 10.1. The molecule has 116 valence electrons. The lowest BCUT2D eigenvalue weighted by Crippen LogP contribution is -2.27. The van der Waals surface area contributed by atoms with Crippen LogP contribution in [0.4, 0.5) is 0 Å². The second-order valence-electron chi connectivity index (χ2n) is 4.93. The summed E-state index contributed by atoms with van der Waals surface area (Å²) in [5, 5.41) is 0. The van der Waals surface area contributed by atoms with E-state index in [0.29, 0.717) is 24.6 Å². The van der Waals surface area contributed by atoms with Gasteiger partial charge in [-0.15, -0.1) is 0 Å². The van der Waals surface area contributed by atoms with Crippen molar-refractivity contribution in [1.29, 1.82) is 0 Å². The Labute approximate surface area is 130 Å². The quantitative estimate of drug-likeness (QED) is 0.823. The first-order valence-electron chi connectivity index (χ1n) is 6.99. The lowest BCUT2D eigenvalue weighted by molar-refractivity contribution is -0.130. The number of benzene rings is 1. The van der Waals surface area contributed by atoms with E-state index in [9.17, 15) is 4.79 Å². The Bertz CT molecular complexity index is 629. The average molecular weight is 300 g/mol. The molecule has 0 aliphatic heterocycles. The molecule has 0 radical (unpaired) electrons. The van der Waals surface area contributed by atoms with E-state index in [1.54, 1.807) is 38.4 Å². The van der Waals surface area contributed by atoms with Crippen molar-refractivity contribution in [3.8, 4) is 11.5 Å². The molecule has 0 saturated carbocycles. The van der Waals surface area contributed by atoms with E-state index in [4.69, 9.17) is 9.47 Å². The van der Waals surface area contributed by atoms with E-state index in [1.807, 2.05) is 30.3 Å². The van der Waals surface area contributed by atoms with Crippen LogP contribution >= 0.6 is 0 Å². The van der Waals surface area contributed by atoms with Crippen LogP contribution in [0.15, 0.2) is 42.7 Å². The van der Waals surface area contributed by atoms with Crippen LogP contribution in [-0.2, 0) is 17.9 Å². The summed E-state index contributed by atoms with van der Waals surface area (Å²) in [6, 6.07) is 9.48. The van der Waals surface area contributed by atoms with Crippen LogP contribution in [-0.4, -0.2) is 30.0 Å². The van der Waals surface area contributed by atoms with Gasteiger partial charge >= 0.3 is 0 Å². The number of amides is 1. The van der Waals surface area contributed by atoms with Gasteiger partial charge in [0, 0.05) is 32.4 Å². The molecule has 0 atom stereocenters. The maximum Gasteiger partial charge on any atom is 0.220 e. The molecule has 0 unspecified atom stereocenters. The Kier molecular flexibility index (Phi) is 5.36. The number of hydrogen-bond acceptors (Lipinski definition) is 4. The maximum atomic E-state index is 11.9.